The molecule has 30 heavy (non-hydrogen) atoms. The molecule has 1 atom stereocenters. The molecular formula is C24H33N3O3. The highest BCUT2D eigenvalue weighted by Gasteiger charge is 2.26. The predicted octanol–water partition coefficient (Wildman–Crippen LogP) is 3.54. The number of amides is 1. The summed E-state index contributed by atoms with van der Waals surface area (Å²) in [7, 11) is 0. The highest BCUT2D eigenvalue weighted by atomic mass is 16.5. The van der Waals surface area contributed by atoms with Crippen LogP contribution in [-0.4, -0.2) is 66.6 Å². The van der Waals surface area contributed by atoms with Crippen molar-refractivity contribution in [2.45, 2.75) is 39.0 Å². The Kier molecular flexibility index (Phi) is 7.18. The van der Waals surface area contributed by atoms with E-state index in [-0.39, 0.29) is 12.3 Å². The van der Waals surface area contributed by atoms with Crippen molar-refractivity contribution in [2.24, 2.45) is 5.92 Å². The van der Waals surface area contributed by atoms with Crippen LogP contribution in [0.15, 0.2) is 34.7 Å². The van der Waals surface area contributed by atoms with E-state index in [9.17, 15) is 4.79 Å². The Morgan fingerprint density at radius 2 is 1.87 bits per heavy atom. The van der Waals surface area contributed by atoms with Gasteiger partial charge in [-0.05, 0) is 45.0 Å². The molecular weight excluding hydrogens is 378 g/mol. The van der Waals surface area contributed by atoms with E-state index in [1.807, 2.05) is 42.2 Å². The van der Waals surface area contributed by atoms with Gasteiger partial charge in [-0.3, -0.25) is 4.79 Å². The van der Waals surface area contributed by atoms with Gasteiger partial charge in [0.1, 0.15) is 5.76 Å². The fourth-order valence-electron chi connectivity index (χ4n) is 4.45. The number of likely N-dealkylation sites (tertiary alicyclic amines) is 1. The molecule has 2 aromatic rings. The number of aryl methyl sites for hydroxylation is 1. The van der Waals surface area contributed by atoms with E-state index < -0.39 is 0 Å². The molecule has 1 unspecified atom stereocenters. The van der Waals surface area contributed by atoms with E-state index in [1.54, 1.807) is 0 Å². The van der Waals surface area contributed by atoms with Crippen LogP contribution in [0.2, 0.25) is 0 Å². The van der Waals surface area contributed by atoms with Crippen molar-refractivity contribution in [3.8, 4) is 11.5 Å². The number of carbonyl (C=O) groups is 1. The van der Waals surface area contributed by atoms with E-state index in [4.69, 9.17) is 9.15 Å². The third-order valence-corrected chi connectivity index (χ3v) is 6.14. The van der Waals surface area contributed by atoms with Gasteiger partial charge < -0.3 is 19.0 Å². The van der Waals surface area contributed by atoms with Crippen molar-refractivity contribution in [2.75, 3.05) is 45.9 Å². The zero-order chi connectivity index (χ0) is 20.8. The molecule has 6 heteroatoms. The van der Waals surface area contributed by atoms with Crippen molar-refractivity contribution >= 4 is 5.91 Å². The molecule has 2 aliphatic rings. The van der Waals surface area contributed by atoms with Crippen molar-refractivity contribution in [1.82, 2.24) is 14.8 Å². The first-order chi connectivity index (χ1) is 14.7. The highest BCUT2D eigenvalue weighted by Crippen LogP contribution is 2.22. The molecule has 0 aliphatic carbocycles. The van der Waals surface area contributed by atoms with Gasteiger partial charge in [0.25, 0.3) is 0 Å². The van der Waals surface area contributed by atoms with Crippen molar-refractivity contribution in [3.05, 3.63) is 41.8 Å². The molecule has 0 saturated carbocycles. The summed E-state index contributed by atoms with van der Waals surface area (Å²) in [6.45, 7) is 8.00. The third-order valence-electron chi connectivity index (χ3n) is 6.14. The molecule has 4 rings (SSSR count). The minimum absolute atomic E-state index is 0.109. The Labute approximate surface area is 179 Å². The van der Waals surface area contributed by atoms with Crippen LogP contribution < -0.4 is 0 Å². The Bertz CT molecular complexity index is 812. The van der Waals surface area contributed by atoms with Gasteiger partial charge in [-0.2, -0.15) is 0 Å². The molecule has 0 spiro atoms. The maximum atomic E-state index is 13.1. The Morgan fingerprint density at radius 1 is 1.10 bits per heavy atom. The van der Waals surface area contributed by atoms with Gasteiger partial charge in [0, 0.05) is 31.1 Å². The van der Waals surface area contributed by atoms with Gasteiger partial charge >= 0.3 is 0 Å². The fourth-order valence-corrected chi connectivity index (χ4v) is 4.45. The summed E-state index contributed by atoms with van der Waals surface area (Å²) in [4.78, 5) is 22.2. The van der Waals surface area contributed by atoms with Gasteiger partial charge in [-0.25, -0.2) is 4.98 Å². The van der Waals surface area contributed by atoms with Crippen molar-refractivity contribution < 1.29 is 13.9 Å². The number of ether oxygens (including phenoxy) is 1. The highest BCUT2D eigenvalue weighted by molar-refractivity contribution is 5.78. The van der Waals surface area contributed by atoms with Crippen LogP contribution in [0.3, 0.4) is 0 Å². The van der Waals surface area contributed by atoms with Gasteiger partial charge in [0.2, 0.25) is 11.8 Å². The monoisotopic (exact) mass is 411 g/mol. The van der Waals surface area contributed by atoms with Crippen LogP contribution in [-0.2, 0) is 16.0 Å². The van der Waals surface area contributed by atoms with E-state index >= 15 is 0 Å². The second-order valence-electron chi connectivity index (χ2n) is 8.56. The van der Waals surface area contributed by atoms with Crippen LogP contribution in [0.4, 0.5) is 0 Å². The summed E-state index contributed by atoms with van der Waals surface area (Å²) in [6, 6.07) is 9.82. The SMILES string of the molecule is Cc1oc(-c2ccccc2)nc1CC(=O)N1CCOCC(CN2CCCCCC2)C1. The lowest BCUT2D eigenvalue weighted by Gasteiger charge is -2.28. The zero-order valence-electron chi connectivity index (χ0n) is 18.0. The second-order valence-corrected chi connectivity index (χ2v) is 8.56. The average Bonchev–Trinajstić information content (AvgIpc) is 2.96. The van der Waals surface area contributed by atoms with Crippen LogP contribution in [0.1, 0.15) is 37.1 Å². The van der Waals surface area contributed by atoms with Crippen LogP contribution in [0, 0.1) is 12.8 Å². The number of benzene rings is 1. The van der Waals surface area contributed by atoms with Crippen molar-refractivity contribution in [1.29, 1.82) is 0 Å². The number of carbonyl (C=O) groups excluding carboxylic acids is 1. The fraction of sp³-hybridized carbons (Fsp3) is 0.583. The summed E-state index contributed by atoms with van der Waals surface area (Å²) in [5.74, 6) is 1.77. The molecule has 6 nitrogen and oxygen atoms in total. The maximum absolute atomic E-state index is 13.1. The topological polar surface area (TPSA) is 58.8 Å². The van der Waals surface area contributed by atoms with Crippen LogP contribution in [0.5, 0.6) is 0 Å². The molecule has 2 saturated heterocycles. The maximum Gasteiger partial charge on any atom is 0.228 e. The molecule has 2 aliphatic heterocycles. The lowest BCUT2D eigenvalue weighted by Crippen LogP contribution is -2.41. The molecule has 162 valence electrons. The number of hydrogen-bond acceptors (Lipinski definition) is 5. The molecule has 3 heterocycles. The quantitative estimate of drug-likeness (QED) is 0.753. The summed E-state index contributed by atoms with van der Waals surface area (Å²) in [6.07, 6.45) is 5.52. The van der Waals surface area contributed by atoms with Gasteiger partial charge in [-0.15, -0.1) is 0 Å². The molecule has 2 fully saturated rings. The Hall–Kier alpha value is -2.18. The standard InChI is InChI=1S/C24H33N3O3/c1-19-22(25-24(30-19)21-9-5-4-6-10-21)15-23(28)27-13-14-29-18-20(17-27)16-26-11-7-2-3-8-12-26/h4-6,9-10,20H,2-3,7-8,11-18H2,1H3. The summed E-state index contributed by atoms with van der Waals surface area (Å²) < 4.78 is 11.7. The summed E-state index contributed by atoms with van der Waals surface area (Å²) in [5.41, 5.74) is 1.66. The summed E-state index contributed by atoms with van der Waals surface area (Å²) in [5, 5.41) is 0. The number of nitrogens with zero attached hydrogens (tertiary/aromatic N) is 3. The minimum Gasteiger partial charge on any atom is -0.441 e. The zero-order valence-corrected chi connectivity index (χ0v) is 18.0. The van der Waals surface area contributed by atoms with Crippen molar-refractivity contribution in [3.63, 3.8) is 0 Å². The number of aromatic nitrogens is 1. The summed E-state index contributed by atoms with van der Waals surface area (Å²) >= 11 is 0. The van der Waals surface area contributed by atoms with E-state index in [0.29, 0.717) is 25.0 Å². The Morgan fingerprint density at radius 3 is 2.63 bits per heavy atom. The first-order valence-corrected chi connectivity index (χ1v) is 11.3. The molecule has 0 bridgehead atoms. The average molecular weight is 412 g/mol. The Balaban J connectivity index is 1.38. The second kappa shape index (κ2) is 10.2. The first kappa shape index (κ1) is 21.1. The number of oxazole rings is 1. The predicted molar refractivity (Wildman–Crippen MR) is 116 cm³/mol. The van der Waals surface area contributed by atoms with E-state index in [1.165, 1.54) is 38.8 Å². The van der Waals surface area contributed by atoms with Gasteiger partial charge in [0.15, 0.2) is 0 Å². The number of rotatable bonds is 5. The minimum atomic E-state index is 0.109. The third kappa shape index (κ3) is 5.49. The molecule has 1 amide bonds. The molecule has 1 aromatic heterocycles. The lowest BCUT2D eigenvalue weighted by atomic mass is 10.1. The van der Waals surface area contributed by atoms with Crippen LogP contribution in [0.25, 0.3) is 11.5 Å². The molecule has 0 N–H and O–H groups in total. The van der Waals surface area contributed by atoms with Crippen LogP contribution >= 0.6 is 0 Å². The first-order valence-electron chi connectivity index (χ1n) is 11.3. The number of hydrogen-bond donors (Lipinski definition) is 0. The van der Waals surface area contributed by atoms with Gasteiger partial charge in [0.05, 0.1) is 25.3 Å². The molecule has 1 aromatic carbocycles. The normalized spacial score (nSPS) is 21.2. The molecule has 0 radical (unpaired) electrons. The largest absolute Gasteiger partial charge is 0.441 e. The van der Waals surface area contributed by atoms with Gasteiger partial charge in [-0.1, -0.05) is 31.0 Å². The van der Waals surface area contributed by atoms with E-state index in [0.717, 1.165) is 36.7 Å². The van der Waals surface area contributed by atoms with E-state index in [2.05, 4.69) is 9.88 Å². The smallest absolute Gasteiger partial charge is 0.228 e. The lowest BCUT2D eigenvalue weighted by molar-refractivity contribution is -0.131.